The third-order valence-electron chi connectivity index (χ3n) is 2.62. The molecular weight excluding hydrogens is 250 g/mol. The Bertz CT molecular complexity index is 553. The van der Waals surface area contributed by atoms with Crippen molar-refractivity contribution in [1.29, 1.82) is 0 Å². The third kappa shape index (κ3) is 2.76. The molecule has 0 aliphatic heterocycles. The maximum absolute atomic E-state index is 12.1. The highest BCUT2D eigenvalue weighted by molar-refractivity contribution is 6.18. The smallest absolute Gasteiger partial charge is 0.253 e. The summed E-state index contributed by atoms with van der Waals surface area (Å²) < 4.78 is 0. The lowest BCUT2D eigenvalue weighted by Gasteiger charge is -2.10. The quantitative estimate of drug-likeness (QED) is 0.861. The number of para-hydroxylation sites is 1. The zero-order chi connectivity index (χ0) is 13.0. The fourth-order valence-electron chi connectivity index (χ4n) is 1.59. The number of hydrogen-bond acceptors (Lipinski definition) is 3. The summed E-state index contributed by atoms with van der Waals surface area (Å²) in [4.78, 5) is 20.4. The first-order valence-electron chi connectivity index (χ1n) is 5.76. The van der Waals surface area contributed by atoms with E-state index in [0.29, 0.717) is 23.5 Å². The minimum absolute atomic E-state index is 0.141. The Morgan fingerprint density at radius 1 is 1.39 bits per heavy atom. The summed E-state index contributed by atoms with van der Waals surface area (Å²) >= 11 is 5.70. The predicted molar refractivity (Wildman–Crippen MR) is 71.8 cm³/mol. The van der Waals surface area contributed by atoms with E-state index in [1.165, 1.54) is 0 Å². The molecule has 18 heavy (non-hydrogen) atoms. The number of halogens is 1. The number of benzene rings is 1. The van der Waals surface area contributed by atoms with Crippen LogP contribution in [0.25, 0.3) is 11.0 Å². The van der Waals surface area contributed by atoms with Gasteiger partial charge in [0.05, 0.1) is 11.1 Å². The van der Waals surface area contributed by atoms with Crippen molar-refractivity contribution in [2.75, 3.05) is 12.4 Å². The molecule has 1 atom stereocenters. The fraction of sp³-hybridized carbons (Fsp3) is 0.308. The molecule has 0 spiro atoms. The van der Waals surface area contributed by atoms with Gasteiger partial charge in [0.15, 0.2) is 0 Å². The molecule has 2 rings (SSSR count). The van der Waals surface area contributed by atoms with Crippen molar-refractivity contribution in [3.8, 4) is 0 Å². The summed E-state index contributed by atoms with van der Waals surface area (Å²) in [6.07, 6.45) is 3.19. The van der Waals surface area contributed by atoms with Gasteiger partial charge in [-0.15, -0.1) is 11.6 Å². The van der Waals surface area contributed by atoms with Gasteiger partial charge >= 0.3 is 0 Å². The van der Waals surface area contributed by atoms with Crippen molar-refractivity contribution >= 4 is 28.5 Å². The number of carbonyl (C=O) groups excluding carboxylic acids is 1. The first-order valence-corrected chi connectivity index (χ1v) is 6.29. The molecule has 0 bridgehead atoms. The van der Waals surface area contributed by atoms with E-state index >= 15 is 0 Å². The molecular formula is C13H14ClN3O. The summed E-state index contributed by atoms with van der Waals surface area (Å²) in [5.41, 5.74) is 1.88. The van der Waals surface area contributed by atoms with Gasteiger partial charge in [0.2, 0.25) is 0 Å². The summed E-state index contributed by atoms with van der Waals surface area (Å²) in [6, 6.07) is 5.38. The van der Waals surface area contributed by atoms with E-state index in [1.807, 2.05) is 13.0 Å². The number of amides is 1. The summed E-state index contributed by atoms with van der Waals surface area (Å²) in [7, 11) is 0. The van der Waals surface area contributed by atoms with Crippen molar-refractivity contribution in [3.63, 3.8) is 0 Å². The lowest BCUT2D eigenvalue weighted by molar-refractivity contribution is 0.0950. The molecule has 0 aliphatic carbocycles. The molecule has 0 saturated carbocycles. The first-order chi connectivity index (χ1) is 8.72. The second-order valence-electron chi connectivity index (χ2n) is 4.20. The van der Waals surface area contributed by atoms with Gasteiger partial charge in [-0.25, -0.2) is 0 Å². The Kier molecular flexibility index (Phi) is 4.10. The maximum atomic E-state index is 12.1. The van der Waals surface area contributed by atoms with E-state index < -0.39 is 0 Å². The van der Waals surface area contributed by atoms with Crippen LogP contribution in [0, 0.1) is 5.92 Å². The van der Waals surface area contributed by atoms with E-state index in [4.69, 9.17) is 11.6 Å². The van der Waals surface area contributed by atoms with Crippen LogP contribution in [-0.4, -0.2) is 28.3 Å². The van der Waals surface area contributed by atoms with Crippen LogP contribution in [0.15, 0.2) is 30.6 Å². The average Bonchev–Trinajstić information content (AvgIpc) is 2.43. The minimum Gasteiger partial charge on any atom is -0.352 e. The molecule has 0 saturated heterocycles. The summed E-state index contributed by atoms with van der Waals surface area (Å²) in [5, 5.41) is 2.85. The lowest BCUT2D eigenvalue weighted by Crippen LogP contribution is -2.29. The third-order valence-corrected chi connectivity index (χ3v) is 3.14. The second kappa shape index (κ2) is 5.78. The molecule has 1 amide bonds. The Morgan fingerprint density at radius 2 is 2.17 bits per heavy atom. The van der Waals surface area contributed by atoms with E-state index in [2.05, 4.69) is 15.3 Å². The van der Waals surface area contributed by atoms with Crippen molar-refractivity contribution in [1.82, 2.24) is 15.3 Å². The van der Waals surface area contributed by atoms with E-state index in [1.54, 1.807) is 24.5 Å². The van der Waals surface area contributed by atoms with E-state index in [-0.39, 0.29) is 11.8 Å². The largest absolute Gasteiger partial charge is 0.352 e. The molecule has 1 aromatic carbocycles. The van der Waals surface area contributed by atoms with Crippen LogP contribution in [0.5, 0.6) is 0 Å². The number of nitrogens with zero attached hydrogens (tertiary/aromatic N) is 2. The van der Waals surface area contributed by atoms with Crippen molar-refractivity contribution in [3.05, 3.63) is 36.2 Å². The highest BCUT2D eigenvalue weighted by atomic mass is 35.5. The monoisotopic (exact) mass is 263 g/mol. The van der Waals surface area contributed by atoms with Crippen molar-refractivity contribution in [2.45, 2.75) is 6.92 Å². The van der Waals surface area contributed by atoms with Crippen LogP contribution in [0.2, 0.25) is 0 Å². The maximum Gasteiger partial charge on any atom is 0.253 e. The SMILES string of the molecule is CC(CCl)CNC(=O)c1cccc2nccnc12. The number of nitrogens with one attached hydrogen (secondary N) is 1. The molecule has 94 valence electrons. The van der Waals surface area contributed by atoms with Gasteiger partial charge in [0, 0.05) is 24.8 Å². The van der Waals surface area contributed by atoms with Gasteiger partial charge in [0.1, 0.15) is 5.52 Å². The Labute approximate surface area is 110 Å². The molecule has 4 nitrogen and oxygen atoms in total. The zero-order valence-electron chi connectivity index (χ0n) is 10.1. The fourth-order valence-corrected chi connectivity index (χ4v) is 1.70. The average molecular weight is 264 g/mol. The highest BCUT2D eigenvalue weighted by Crippen LogP contribution is 2.13. The number of fused-ring (bicyclic) bond motifs is 1. The molecule has 1 heterocycles. The van der Waals surface area contributed by atoms with E-state index in [0.717, 1.165) is 5.52 Å². The summed E-state index contributed by atoms with van der Waals surface area (Å²) in [6.45, 7) is 2.54. The highest BCUT2D eigenvalue weighted by Gasteiger charge is 2.11. The number of rotatable bonds is 4. The topological polar surface area (TPSA) is 54.9 Å². The van der Waals surface area contributed by atoms with Crippen LogP contribution in [0.3, 0.4) is 0 Å². The van der Waals surface area contributed by atoms with Gasteiger partial charge in [-0.2, -0.15) is 0 Å². The zero-order valence-corrected chi connectivity index (χ0v) is 10.8. The number of carbonyl (C=O) groups is 1. The molecule has 1 N–H and O–H groups in total. The number of aromatic nitrogens is 2. The molecule has 2 aromatic rings. The Balaban J connectivity index is 2.22. The molecule has 0 aliphatic rings. The van der Waals surface area contributed by atoms with Crippen LogP contribution < -0.4 is 5.32 Å². The number of alkyl halides is 1. The molecule has 5 heteroatoms. The van der Waals surface area contributed by atoms with Gasteiger partial charge in [0.25, 0.3) is 5.91 Å². The second-order valence-corrected chi connectivity index (χ2v) is 4.51. The van der Waals surface area contributed by atoms with Gasteiger partial charge < -0.3 is 5.32 Å². The van der Waals surface area contributed by atoms with Crippen LogP contribution >= 0.6 is 11.6 Å². The minimum atomic E-state index is -0.141. The molecule has 1 aromatic heterocycles. The van der Waals surface area contributed by atoms with Crippen LogP contribution in [0.1, 0.15) is 17.3 Å². The van der Waals surface area contributed by atoms with Crippen molar-refractivity contribution < 1.29 is 4.79 Å². The van der Waals surface area contributed by atoms with Crippen LogP contribution in [-0.2, 0) is 0 Å². The predicted octanol–water partition coefficient (Wildman–Crippen LogP) is 2.23. The van der Waals surface area contributed by atoms with Crippen molar-refractivity contribution in [2.24, 2.45) is 5.92 Å². The van der Waals surface area contributed by atoms with E-state index in [9.17, 15) is 4.79 Å². The van der Waals surface area contributed by atoms with Gasteiger partial charge in [-0.05, 0) is 18.1 Å². The number of hydrogen-bond donors (Lipinski definition) is 1. The lowest BCUT2D eigenvalue weighted by atomic mass is 10.1. The first kappa shape index (κ1) is 12.8. The molecule has 1 unspecified atom stereocenters. The molecule has 0 fully saturated rings. The normalized spacial score (nSPS) is 12.3. The Hall–Kier alpha value is -1.68. The standard InChI is InChI=1S/C13H14ClN3O/c1-9(7-14)8-17-13(18)10-3-2-4-11-12(10)16-6-5-15-11/h2-6,9H,7-8H2,1H3,(H,17,18). The summed E-state index contributed by atoms with van der Waals surface area (Å²) in [5.74, 6) is 0.630. The molecule has 0 radical (unpaired) electrons. The van der Waals surface area contributed by atoms with Gasteiger partial charge in [-0.1, -0.05) is 13.0 Å². The van der Waals surface area contributed by atoms with Gasteiger partial charge in [-0.3, -0.25) is 14.8 Å². The van der Waals surface area contributed by atoms with Crippen LogP contribution in [0.4, 0.5) is 0 Å². The Morgan fingerprint density at radius 3 is 2.94 bits per heavy atom.